The lowest BCUT2D eigenvalue weighted by atomic mass is 10.1. The number of ketones is 1. The van der Waals surface area contributed by atoms with E-state index in [0.29, 0.717) is 17.1 Å². The number of carbonyl (C=O) groups is 1. The van der Waals surface area contributed by atoms with Crippen molar-refractivity contribution in [2.75, 3.05) is 20.0 Å². The summed E-state index contributed by atoms with van der Waals surface area (Å²) in [6.07, 6.45) is 1.07. The predicted molar refractivity (Wildman–Crippen MR) is 87.2 cm³/mol. The van der Waals surface area contributed by atoms with E-state index >= 15 is 0 Å². The highest BCUT2D eigenvalue weighted by atomic mass is 32.2. The molecular formula is C16H16O3S2. The monoisotopic (exact) mass is 320 g/mol. The number of hydrogen-bond acceptors (Lipinski definition) is 5. The van der Waals surface area contributed by atoms with E-state index in [9.17, 15) is 4.79 Å². The minimum atomic E-state index is 0.0385. The zero-order valence-electron chi connectivity index (χ0n) is 12.0. The Morgan fingerprint density at radius 1 is 1.10 bits per heavy atom. The van der Waals surface area contributed by atoms with Crippen molar-refractivity contribution in [3.63, 3.8) is 0 Å². The van der Waals surface area contributed by atoms with Crippen molar-refractivity contribution in [1.29, 1.82) is 0 Å². The van der Waals surface area contributed by atoms with Crippen molar-refractivity contribution in [3.05, 3.63) is 45.1 Å². The van der Waals surface area contributed by atoms with Gasteiger partial charge in [0.05, 0.1) is 19.1 Å². The van der Waals surface area contributed by atoms with Gasteiger partial charge in [-0.2, -0.15) is 11.8 Å². The molecule has 0 amide bonds. The van der Waals surface area contributed by atoms with Gasteiger partial charge in [0.15, 0.2) is 0 Å². The van der Waals surface area contributed by atoms with Gasteiger partial charge in [0, 0.05) is 22.3 Å². The molecule has 3 nitrogen and oxygen atoms in total. The number of methoxy groups -OCH3 is 2. The van der Waals surface area contributed by atoms with Crippen LogP contribution < -0.4 is 9.47 Å². The van der Waals surface area contributed by atoms with E-state index in [0.717, 1.165) is 22.8 Å². The Hall–Kier alpha value is -1.46. The average Bonchev–Trinajstić information content (AvgIpc) is 2.97. The maximum Gasteiger partial charge on any atom is 0.203 e. The fraction of sp³-hybridized carbons (Fsp3) is 0.312. The molecule has 0 saturated carbocycles. The number of aryl methyl sites for hydroxylation is 1. The van der Waals surface area contributed by atoms with Crippen molar-refractivity contribution in [2.24, 2.45) is 0 Å². The van der Waals surface area contributed by atoms with Gasteiger partial charge in [0.1, 0.15) is 11.5 Å². The fourth-order valence-electron chi connectivity index (χ4n) is 2.34. The Morgan fingerprint density at radius 3 is 2.43 bits per heavy atom. The molecule has 0 atom stereocenters. The van der Waals surface area contributed by atoms with Gasteiger partial charge in [0.25, 0.3) is 0 Å². The number of ether oxygens (including phenoxy) is 2. The molecule has 0 aliphatic carbocycles. The zero-order chi connectivity index (χ0) is 14.8. The molecule has 0 unspecified atom stereocenters. The lowest BCUT2D eigenvalue weighted by molar-refractivity contribution is 0.104. The van der Waals surface area contributed by atoms with E-state index in [-0.39, 0.29) is 5.78 Å². The van der Waals surface area contributed by atoms with Gasteiger partial charge >= 0.3 is 0 Å². The van der Waals surface area contributed by atoms with Crippen molar-refractivity contribution in [1.82, 2.24) is 0 Å². The molecule has 1 aliphatic rings. The number of benzene rings is 1. The van der Waals surface area contributed by atoms with Crippen LogP contribution in [0.2, 0.25) is 0 Å². The summed E-state index contributed by atoms with van der Waals surface area (Å²) in [6, 6.07) is 7.34. The van der Waals surface area contributed by atoms with Crippen LogP contribution in [0.25, 0.3) is 0 Å². The quantitative estimate of drug-likeness (QED) is 0.803. The van der Waals surface area contributed by atoms with Gasteiger partial charge in [0.2, 0.25) is 5.78 Å². The molecule has 0 radical (unpaired) electrons. The number of hydrogen-bond donors (Lipinski definition) is 0. The van der Waals surface area contributed by atoms with E-state index < -0.39 is 0 Å². The van der Waals surface area contributed by atoms with Gasteiger partial charge in [-0.25, -0.2) is 0 Å². The van der Waals surface area contributed by atoms with E-state index in [1.807, 2.05) is 17.8 Å². The van der Waals surface area contributed by atoms with Crippen LogP contribution in [0.4, 0.5) is 0 Å². The molecule has 1 aliphatic heterocycles. The van der Waals surface area contributed by atoms with Gasteiger partial charge in [-0.1, -0.05) is 0 Å². The Labute approximate surface area is 132 Å². The summed E-state index contributed by atoms with van der Waals surface area (Å²) in [5.41, 5.74) is 1.92. The summed E-state index contributed by atoms with van der Waals surface area (Å²) in [6.45, 7) is 0. The van der Waals surface area contributed by atoms with Crippen molar-refractivity contribution in [2.45, 2.75) is 12.2 Å². The van der Waals surface area contributed by atoms with Crippen LogP contribution in [0.5, 0.6) is 11.5 Å². The Kier molecular flexibility index (Phi) is 4.22. The maximum absolute atomic E-state index is 12.7. The lowest BCUT2D eigenvalue weighted by Gasteiger charge is -2.08. The van der Waals surface area contributed by atoms with E-state index in [1.54, 1.807) is 43.8 Å². The standard InChI is InChI=1S/C16H16O3S2/c1-18-12-5-10(6-13(8-12)19-2)16(17)15-7-11-9-20-4-3-14(11)21-15/h5-8H,3-4,9H2,1-2H3. The van der Waals surface area contributed by atoms with E-state index in [2.05, 4.69) is 0 Å². The van der Waals surface area contributed by atoms with Gasteiger partial charge < -0.3 is 9.47 Å². The summed E-state index contributed by atoms with van der Waals surface area (Å²) < 4.78 is 10.5. The topological polar surface area (TPSA) is 35.5 Å². The summed E-state index contributed by atoms with van der Waals surface area (Å²) >= 11 is 3.55. The third-order valence-electron chi connectivity index (χ3n) is 3.47. The molecule has 0 spiro atoms. The van der Waals surface area contributed by atoms with Gasteiger partial charge in [-0.15, -0.1) is 11.3 Å². The summed E-state index contributed by atoms with van der Waals surface area (Å²) in [4.78, 5) is 14.9. The summed E-state index contributed by atoms with van der Waals surface area (Å²) in [5.74, 6) is 3.47. The van der Waals surface area contributed by atoms with Crippen molar-refractivity contribution >= 4 is 28.9 Å². The third kappa shape index (κ3) is 2.94. The minimum absolute atomic E-state index is 0.0385. The third-order valence-corrected chi connectivity index (χ3v) is 5.71. The highest BCUT2D eigenvalue weighted by Gasteiger charge is 2.19. The Balaban J connectivity index is 1.96. The smallest absolute Gasteiger partial charge is 0.203 e. The van der Waals surface area contributed by atoms with Gasteiger partial charge in [-0.05, 0) is 35.9 Å². The first-order chi connectivity index (χ1) is 10.2. The van der Waals surface area contributed by atoms with Crippen molar-refractivity contribution < 1.29 is 14.3 Å². The number of fused-ring (bicyclic) bond motifs is 1. The average molecular weight is 320 g/mol. The number of thiophene rings is 1. The maximum atomic E-state index is 12.7. The molecule has 0 saturated heterocycles. The van der Waals surface area contributed by atoms with Gasteiger partial charge in [-0.3, -0.25) is 4.79 Å². The molecule has 1 aromatic heterocycles. The van der Waals surface area contributed by atoms with Crippen LogP contribution in [-0.2, 0) is 12.2 Å². The van der Waals surface area contributed by atoms with Crippen LogP contribution in [0.1, 0.15) is 25.7 Å². The minimum Gasteiger partial charge on any atom is -0.497 e. The molecule has 21 heavy (non-hydrogen) atoms. The lowest BCUT2D eigenvalue weighted by Crippen LogP contribution is -2.00. The highest BCUT2D eigenvalue weighted by Crippen LogP contribution is 2.33. The molecule has 0 bridgehead atoms. The molecular weight excluding hydrogens is 304 g/mol. The molecule has 0 fully saturated rings. The van der Waals surface area contributed by atoms with Crippen molar-refractivity contribution in [3.8, 4) is 11.5 Å². The second kappa shape index (κ2) is 6.12. The number of rotatable bonds is 4. The zero-order valence-corrected chi connectivity index (χ0v) is 13.6. The first-order valence-electron chi connectivity index (χ1n) is 6.68. The van der Waals surface area contributed by atoms with Crippen LogP contribution >= 0.6 is 23.1 Å². The molecule has 3 rings (SSSR count). The molecule has 0 N–H and O–H groups in total. The van der Waals surface area contributed by atoms with E-state index in [1.165, 1.54) is 10.4 Å². The molecule has 2 heterocycles. The highest BCUT2D eigenvalue weighted by molar-refractivity contribution is 7.98. The predicted octanol–water partition coefficient (Wildman–Crippen LogP) is 3.79. The fourth-order valence-corrected chi connectivity index (χ4v) is 4.67. The molecule has 110 valence electrons. The van der Waals surface area contributed by atoms with E-state index in [4.69, 9.17) is 9.47 Å². The number of carbonyl (C=O) groups excluding carboxylic acids is 1. The largest absolute Gasteiger partial charge is 0.497 e. The first-order valence-corrected chi connectivity index (χ1v) is 8.65. The molecule has 2 aromatic rings. The normalized spacial score (nSPS) is 13.6. The summed E-state index contributed by atoms with van der Waals surface area (Å²) in [5, 5.41) is 0. The van der Waals surface area contributed by atoms with Crippen LogP contribution in [0.15, 0.2) is 24.3 Å². The second-order valence-corrected chi connectivity index (χ2v) is 7.03. The second-order valence-electron chi connectivity index (χ2n) is 4.79. The van der Waals surface area contributed by atoms with Crippen LogP contribution in [0.3, 0.4) is 0 Å². The Morgan fingerprint density at radius 2 is 1.81 bits per heavy atom. The summed E-state index contributed by atoms with van der Waals surface area (Å²) in [7, 11) is 3.17. The first kappa shape index (κ1) is 14.5. The number of thioether (sulfide) groups is 1. The molecule has 1 aromatic carbocycles. The van der Waals surface area contributed by atoms with Crippen LogP contribution in [0, 0.1) is 0 Å². The Bertz CT molecular complexity index is 630. The SMILES string of the molecule is COc1cc(OC)cc(C(=O)c2cc3c(s2)CCSC3)c1. The van der Waals surface area contributed by atoms with Crippen LogP contribution in [-0.4, -0.2) is 25.8 Å². The molecule has 5 heteroatoms.